The SMILES string of the molecule is Cc1nc(N)c2c(Cc3cccc(Cl)c3)c(-c3c(C)noc3C)ccc2n1. The van der Waals surface area contributed by atoms with Crippen LogP contribution in [0.25, 0.3) is 22.0 Å². The fourth-order valence-corrected chi connectivity index (χ4v) is 3.79. The minimum Gasteiger partial charge on any atom is -0.383 e. The number of aryl methyl sites for hydroxylation is 3. The van der Waals surface area contributed by atoms with Crippen molar-refractivity contribution in [3.05, 3.63) is 69.8 Å². The van der Waals surface area contributed by atoms with Gasteiger partial charge in [-0.1, -0.05) is 35.0 Å². The van der Waals surface area contributed by atoms with Crippen LogP contribution in [0.2, 0.25) is 5.02 Å². The van der Waals surface area contributed by atoms with Gasteiger partial charge in [0, 0.05) is 16.0 Å². The van der Waals surface area contributed by atoms with Crippen LogP contribution in [0.5, 0.6) is 0 Å². The van der Waals surface area contributed by atoms with Gasteiger partial charge in [-0.2, -0.15) is 0 Å². The van der Waals surface area contributed by atoms with E-state index in [1.54, 1.807) is 0 Å². The molecule has 2 N–H and O–H groups in total. The number of fused-ring (bicyclic) bond motifs is 1. The zero-order valence-electron chi connectivity index (χ0n) is 15.4. The Hall–Kier alpha value is -2.92. The molecule has 0 unspecified atom stereocenters. The van der Waals surface area contributed by atoms with Crippen molar-refractivity contribution in [3.63, 3.8) is 0 Å². The summed E-state index contributed by atoms with van der Waals surface area (Å²) in [7, 11) is 0. The predicted octanol–water partition coefficient (Wildman–Crippen LogP) is 5.04. The highest BCUT2D eigenvalue weighted by Gasteiger charge is 2.20. The Morgan fingerprint density at radius 1 is 1.07 bits per heavy atom. The highest BCUT2D eigenvalue weighted by Crippen LogP contribution is 2.37. The standard InChI is InChI=1S/C21H19ClN4O/c1-11-19(12(2)27-26-11)16-7-8-18-20(21(23)25-13(3)24-18)17(16)10-14-5-4-6-15(22)9-14/h4-9H,10H2,1-3H3,(H2,23,24,25). The van der Waals surface area contributed by atoms with E-state index in [1.165, 1.54) is 0 Å². The maximum Gasteiger partial charge on any atom is 0.141 e. The molecule has 0 amide bonds. The normalized spacial score (nSPS) is 11.3. The van der Waals surface area contributed by atoms with Crippen molar-refractivity contribution in [3.8, 4) is 11.1 Å². The van der Waals surface area contributed by atoms with Crippen molar-refractivity contribution >= 4 is 28.3 Å². The van der Waals surface area contributed by atoms with E-state index in [0.717, 1.165) is 44.6 Å². The number of nitrogens with two attached hydrogens (primary N) is 1. The fourth-order valence-electron chi connectivity index (χ4n) is 3.58. The molecule has 4 aromatic rings. The van der Waals surface area contributed by atoms with E-state index in [0.29, 0.717) is 23.1 Å². The minimum atomic E-state index is 0.475. The topological polar surface area (TPSA) is 77.8 Å². The lowest BCUT2D eigenvalue weighted by molar-refractivity contribution is 0.393. The Morgan fingerprint density at radius 3 is 2.59 bits per heavy atom. The van der Waals surface area contributed by atoms with E-state index in [9.17, 15) is 0 Å². The van der Waals surface area contributed by atoms with Gasteiger partial charge in [0.15, 0.2) is 0 Å². The zero-order valence-corrected chi connectivity index (χ0v) is 16.1. The third-order valence-electron chi connectivity index (χ3n) is 4.68. The first kappa shape index (κ1) is 17.5. The Labute approximate surface area is 162 Å². The fraction of sp³-hybridized carbons (Fsp3) is 0.190. The number of halogens is 1. The number of hydrogen-bond donors (Lipinski definition) is 1. The number of aromatic nitrogens is 3. The summed E-state index contributed by atoms with van der Waals surface area (Å²) in [5.41, 5.74) is 12.1. The summed E-state index contributed by atoms with van der Waals surface area (Å²) in [4.78, 5) is 8.96. The lowest BCUT2D eigenvalue weighted by Gasteiger charge is -2.15. The molecule has 0 aliphatic carbocycles. The van der Waals surface area contributed by atoms with E-state index in [2.05, 4.69) is 21.2 Å². The Bertz CT molecular complexity index is 1150. The minimum absolute atomic E-state index is 0.475. The van der Waals surface area contributed by atoms with Crippen molar-refractivity contribution in [2.45, 2.75) is 27.2 Å². The van der Waals surface area contributed by atoms with Crippen LogP contribution in [0.4, 0.5) is 5.82 Å². The first-order valence-electron chi connectivity index (χ1n) is 8.67. The summed E-state index contributed by atoms with van der Waals surface area (Å²) in [6, 6.07) is 11.9. The number of hydrogen-bond acceptors (Lipinski definition) is 5. The molecule has 6 heteroatoms. The van der Waals surface area contributed by atoms with Crippen LogP contribution in [0.1, 0.15) is 28.4 Å². The van der Waals surface area contributed by atoms with E-state index < -0.39 is 0 Å². The number of benzene rings is 2. The summed E-state index contributed by atoms with van der Waals surface area (Å²) in [6.45, 7) is 5.69. The second-order valence-corrected chi connectivity index (χ2v) is 7.08. The molecule has 27 heavy (non-hydrogen) atoms. The second kappa shape index (κ2) is 6.67. The van der Waals surface area contributed by atoms with Gasteiger partial charge in [0.2, 0.25) is 0 Å². The Morgan fingerprint density at radius 2 is 1.89 bits per heavy atom. The quantitative estimate of drug-likeness (QED) is 0.540. The molecule has 2 heterocycles. The highest BCUT2D eigenvalue weighted by molar-refractivity contribution is 6.30. The number of nitrogens with zero attached hydrogens (tertiary/aromatic N) is 3. The van der Waals surface area contributed by atoms with Crippen LogP contribution in [0, 0.1) is 20.8 Å². The highest BCUT2D eigenvalue weighted by atomic mass is 35.5. The molecular formula is C21H19ClN4O. The smallest absolute Gasteiger partial charge is 0.141 e. The van der Waals surface area contributed by atoms with E-state index >= 15 is 0 Å². The second-order valence-electron chi connectivity index (χ2n) is 6.65. The van der Waals surface area contributed by atoms with Gasteiger partial charge in [0.05, 0.1) is 11.2 Å². The van der Waals surface area contributed by atoms with Crippen molar-refractivity contribution in [1.82, 2.24) is 15.1 Å². The molecule has 0 bridgehead atoms. The van der Waals surface area contributed by atoms with Crippen molar-refractivity contribution in [1.29, 1.82) is 0 Å². The molecule has 0 fully saturated rings. The van der Waals surface area contributed by atoms with Crippen LogP contribution in [-0.4, -0.2) is 15.1 Å². The molecular weight excluding hydrogens is 360 g/mol. The Balaban J connectivity index is 2.03. The lowest BCUT2D eigenvalue weighted by Crippen LogP contribution is -2.03. The molecule has 0 aliphatic rings. The van der Waals surface area contributed by atoms with E-state index in [1.807, 2.05) is 51.1 Å². The summed E-state index contributed by atoms with van der Waals surface area (Å²) < 4.78 is 5.40. The first-order valence-corrected chi connectivity index (χ1v) is 9.05. The van der Waals surface area contributed by atoms with Crippen molar-refractivity contribution in [2.75, 3.05) is 5.73 Å². The first-order chi connectivity index (χ1) is 12.9. The molecule has 0 spiro atoms. The number of nitrogen functional groups attached to an aromatic ring is 1. The Kier molecular flexibility index (Phi) is 4.32. The van der Waals surface area contributed by atoms with Gasteiger partial charge in [-0.3, -0.25) is 0 Å². The molecule has 2 aromatic carbocycles. The molecule has 136 valence electrons. The summed E-state index contributed by atoms with van der Waals surface area (Å²) in [5, 5.41) is 5.67. The van der Waals surface area contributed by atoms with Crippen LogP contribution in [0.3, 0.4) is 0 Å². The third-order valence-corrected chi connectivity index (χ3v) is 4.92. The summed E-state index contributed by atoms with van der Waals surface area (Å²) in [6.07, 6.45) is 0.647. The van der Waals surface area contributed by atoms with Gasteiger partial charge < -0.3 is 10.3 Å². The van der Waals surface area contributed by atoms with Crippen LogP contribution in [0.15, 0.2) is 40.9 Å². The largest absolute Gasteiger partial charge is 0.383 e. The molecule has 0 aliphatic heterocycles. The van der Waals surface area contributed by atoms with Crippen LogP contribution in [-0.2, 0) is 6.42 Å². The third kappa shape index (κ3) is 3.15. The van der Waals surface area contributed by atoms with Crippen molar-refractivity contribution in [2.24, 2.45) is 0 Å². The molecule has 0 saturated heterocycles. The van der Waals surface area contributed by atoms with E-state index in [-0.39, 0.29) is 0 Å². The lowest BCUT2D eigenvalue weighted by atomic mass is 9.91. The van der Waals surface area contributed by atoms with E-state index in [4.69, 9.17) is 21.9 Å². The molecule has 0 atom stereocenters. The van der Waals surface area contributed by atoms with Gasteiger partial charge in [0.1, 0.15) is 17.4 Å². The van der Waals surface area contributed by atoms with Gasteiger partial charge in [-0.15, -0.1) is 0 Å². The van der Waals surface area contributed by atoms with Gasteiger partial charge in [0.25, 0.3) is 0 Å². The monoisotopic (exact) mass is 378 g/mol. The van der Waals surface area contributed by atoms with Crippen LogP contribution >= 0.6 is 11.6 Å². The van der Waals surface area contributed by atoms with Gasteiger partial charge in [-0.05, 0) is 62.1 Å². The van der Waals surface area contributed by atoms with Crippen LogP contribution < -0.4 is 5.73 Å². The average molecular weight is 379 g/mol. The zero-order chi connectivity index (χ0) is 19.1. The molecule has 2 aromatic heterocycles. The number of anilines is 1. The average Bonchev–Trinajstić information content (AvgIpc) is 2.93. The van der Waals surface area contributed by atoms with Crippen molar-refractivity contribution < 1.29 is 4.52 Å². The summed E-state index contributed by atoms with van der Waals surface area (Å²) >= 11 is 6.20. The molecule has 5 nitrogen and oxygen atoms in total. The number of rotatable bonds is 3. The molecule has 0 radical (unpaired) electrons. The van der Waals surface area contributed by atoms with Gasteiger partial charge in [-0.25, -0.2) is 9.97 Å². The molecule has 0 saturated carbocycles. The molecule has 4 rings (SSSR count). The van der Waals surface area contributed by atoms with Gasteiger partial charge >= 0.3 is 0 Å². The maximum absolute atomic E-state index is 6.32. The summed E-state index contributed by atoms with van der Waals surface area (Å²) in [5.74, 6) is 1.90. The predicted molar refractivity (Wildman–Crippen MR) is 108 cm³/mol. The maximum atomic E-state index is 6.32.